The summed E-state index contributed by atoms with van der Waals surface area (Å²) in [4.78, 5) is 12.5. The summed E-state index contributed by atoms with van der Waals surface area (Å²) in [5, 5.41) is 6.36. The van der Waals surface area contributed by atoms with Crippen LogP contribution in [0.3, 0.4) is 0 Å². The van der Waals surface area contributed by atoms with Crippen LogP contribution in [-0.4, -0.2) is 22.2 Å². The molecule has 0 saturated carbocycles. The molecular formula is C20H17N3O2. The largest absolute Gasteiger partial charge is 0.462 e. The first-order valence-electron chi connectivity index (χ1n) is 8.13. The zero-order chi connectivity index (χ0) is 17.4. The number of carbonyl (C=O) groups excluding carboxylic acids is 1. The zero-order valence-electron chi connectivity index (χ0n) is 13.8. The zero-order valence-corrected chi connectivity index (χ0v) is 13.8. The Kier molecular flexibility index (Phi) is 3.61. The van der Waals surface area contributed by atoms with Gasteiger partial charge in [-0.3, -0.25) is 0 Å². The van der Waals surface area contributed by atoms with Crippen LogP contribution in [0.5, 0.6) is 0 Å². The number of hydrogen-bond acceptors (Lipinski definition) is 4. The molecule has 0 amide bonds. The van der Waals surface area contributed by atoms with E-state index in [2.05, 4.69) is 11.2 Å². The van der Waals surface area contributed by atoms with Crippen LogP contribution in [0.4, 0.5) is 5.82 Å². The van der Waals surface area contributed by atoms with Crippen molar-refractivity contribution in [2.75, 3.05) is 12.3 Å². The van der Waals surface area contributed by atoms with E-state index < -0.39 is 5.97 Å². The third-order valence-electron chi connectivity index (χ3n) is 4.20. The van der Waals surface area contributed by atoms with Crippen LogP contribution in [-0.2, 0) is 4.74 Å². The Labute approximate surface area is 144 Å². The summed E-state index contributed by atoms with van der Waals surface area (Å²) in [6, 6.07) is 19.8. The first-order chi connectivity index (χ1) is 12.2. The van der Waals surface area contributed by atoms with Crippen molar-refractivity contribution in [3.05, 3.63) is 66.2 Å². The van der Waals surface area contributed by atoms with E-state index in [-0.39, 0.29) is 12.4 Å². The highest BCUT2D eigenvalue weighted by atomic mass is 16.5. The lowest BCUT2D eigenvalue weighted by molar-refractivity contribution is 0.0530. The Balaban J connectivity index is 2.14. The van der Waals surface area contributed by atoms with E-state index in [9.17, 15) is 4.79 Å². The van der Waals surface area contributed by atoms with E-state index in [1.54, 1.807) is 11.4 Å². The lowest BCUT2D eigenvalue weighted by Crippen LogP contribution is -2.07. The van der Waals surface area contributed by atoms with Gasteiger partial charge in [-0.15, -0.1) is 5.10 Å². The van der Waals surface area contributed by atoms with Gasteiger partial charge in [-0.25, -0.2) is 9.31 Å². The average molecular weight is 331 g/mol. The first kappa shape index (κ1) is 15.2. The maximum absolute atomic E-state index is 12.5. The van der Waals surface area contributed by atoms with Crippen LogP contribution in [0.15, 0.2) is 60.7 Å². The monoisotopic (exact) mass is 331 g/mol. The van der Waals surface area contributed by atoms with Gasteiger partial charge < -0.3 is 10.5 Å². The molecule has 0 spiro atoms. The van der Waals surface area contributed by atoms with Crippen LogP contribution in [0, 0.1) is 0 Å². The summed E-state index contributed by atoms with van der Waals surface area (Å²) in [6.07, 6.45) is 0. The molecule has 2 aromatic carbocycles. The Hall–Kier alpha value is -3.34. The number of benzene rings is 2. The van der Waals surface area contributed by atoms with E-state index in [0.717, 1.165) is 22.0 Å². The van der Waals surface area contributed by atoms with Crippen molar-refractivity contribution in [3.63, 3.8) is 0 Å². The average Bonchev–Trinajstić information content (AvgIpc) is 2.99. The number of rotatable bonds is 3. The molecule has 0 aliphatic heterocycles. The first-order valence-corrected chi connectivity index (χ1v) is 8.13. The number of nitrogen functional groups attached to an aromatic ring is 1. The van der Waals surface area contributed by atoms with Gasteiger partial charge in [0.15, 0.2) is 5.82 Å². The van der Waals surface area contributed by atoms with Gasteiger partial charge in [0, 0.05) is 10.9 Å². The van der Waals surface area contributed by atoms with Crippen molar-refractivity contribution >= 4 is 28.1 Å². The van der Waals surface area contributed by atoms with Gasteiger partial charge in [0.1, 0.15) is 5.56 Å². The van der Waals surface area contributed by atoms with Gasteiger partial charge in [-0.05, 0) is 18.4 Å². The maximum atomic E-state index is 12.5. The highest BCUT2D eigenvalue weighted by Crippen LogP contribution is 2.32. The molecule has 0 atom stereocenters. The van der Waals surface area contributed by atoms with E-state index in [1.807, 2.05) is 54.6 Å². The van der Waals surface area contributed by atoms with Crippen LogP contribution in [0.25, 0.3) is 27.5 Å². The number of carbonyl (C=O) groups is 1. The Morgan fingerprint density at radius 1 is 1.12 bits per heavy atom. The minimum atomic E-state index is -0.453. The number of nitrogens with zero attached hydrogens (tertiary/aromatic N) is 2. The maximum Gasteiger partial charge on any atom is 0.344 e. The molecule has 0 fully saturated rings. The second kappa shape index (κ2) is 5.94. The van der Waals surface area contributed by atoms with E-state index >= 15 is 0 Å². The number of hydrogen-bond donors (Lipinski definition) is 1. The molecule has 0 unspecified atom stereocenters. The highest BCUT2D eigenvalue weighted by Gasteiger charge is 2.23. The quantitative estimate of drug-likeness (QED) is 0.578. The molecule has 4 rings (SSSR count). The second-order valence-corrected chi connectivity index (χ2v) is 5.72. The summed E-state index contributed by atoms with van der Waals surface area (Å²) in [7, 11) is 0. The van der Waals surface area contributed by atoms with Gasteiger partial charge in [0.25, 0.3) is 0 Å². The van der Waals surface area contributed by atoms with E-state index in [4.69, 9.17) is 10.5 Å². The molecular weight excluding hydrogens is 314 g/mol. The van der Waals surface area contributed by atoms with Crippen LogP contribution in [0.2, 0.25) is 0 Å². The molecule has 5 nitrogen and oxygen atoms in total. The van der Waals surface area contributed by atoms with Gasteiger partial charge in [0.2, 0.25) is 0 Å². The number of aromatic nitrogens is 2. The Morgan fingerprint density at radius 2 is 1.84 bits per heavy atom. The predicted molar refractivity (Wildman–Crippen MR) is 98.5 cm³/mol. The number of anilines is 1. The van der Waals surface area contributed by atoms with Gasteiger partial charge in [-0.2, -0.15) is 0 Å². The van der Waals surface area contributed by atoms with Crippen LogP contribution in [0.1, 0.15) is 17.3 Å². The molecule has 25 heavy (non-hydrogen) atoms. The predicted octanol–water partition coefficient (Wildman–Crippen LogP) is 3.91. The number of pyridine rings is 1. The SMILES string of the molecule is CCOC(=O)c1c(N)nn2c(-c3ccccc3)cc3ccccc3c12. The van der Waals surface area contributed by atoms with Crippen molar-refractivity contribution in [2.45, 2.75) is 6.92 Å². The summed E-state index contributed by atoms with van der Waals surface area (Å²) in [5.74, 6) is -0.280. The normalized spacial score (nSPS) is 11.1. The Bertz CT molecular complexity index is 1080. The van der Waals surface area contributed by atoms with E-state index in [1.165, 1.54) is 0 Å². The molecule has 2 N–H and O–H groups in total. The molecule has 0 aliphatic carbocycles. The minimum absolute atomic E-state index is 0.173. The molecule has 0 bridgehead atoms. The van der Waals surface area contributed by atoms with Gasteiger partial charge in [0.05, 0.1) is 17.8 Å². The molecule has 0 radical (unpaired) electrons. The lowest BCUT2D eigenvalue weighted by atomic mass is 10.0. The van der Waals surface area contributed by atoms with Gasteiger partial charge >= 0.3 is 5.97 Å². The molecule has 0 aliphatic rings. The van der Waals surface area contributed by atoms with Crippen molar-refractivity contribution < 1.29 is 9.53 Å². The minimum Gasteiger partial charge on any atom is -0.462 e. The van der Waals surface area contributed by atoms with E-state index in [0.29, 0.717) is 11.1 Å². The van der Waals surface area contributed by atoms with Crippen molar-refractivity contribution in [1.29, 1.82) is 0 Å². The van der Waals surface area contributed by atoms with Crippen molar-refractivity contribution in [3.8, 4) is 11.3 Å². The third-order valence-corrected chi connectivity index (χ3v) is 4.20. The fraction of sp³-hybridized carbons (Fsp3) is 0.100. The number of nitrogens with two attached hydrogens (primary N) is 1. The summed E-state index contributed by atoms with van der Waals surface area (Å²) in [5.41, 5.74) is 8.95. The smallest absolute Gasteiger partial charge is 0.344 e. The highest BCUT2D eigenvalue weighted by molar-refractivity contribution is 6.11. The summed E-state index contributed by atoms with van der Waals surface area (Å²) >= 11 is 0. The molecule has 2 aromatic heterocycles. The fourth-order valence-electron chi connectivity index (χ4n) is 3.12. The lowest BCUT2D eigenvalue weighted by Gasteiger charge is -2.09. The molecule has 5 heteroatoms. The van der Waals surface area contributed by atoms with Crippen molar-refractivity contribution in [2.24, 2.45) is 0 Å². The second-order valence-electron chi connectivity index (χ2n) is 5.72. The molecule has 4 aromatic rings. The molecule has 0 saturated heterocycles. The van der Waals surface area contributed by atoms with Gasteiger partial charge in [-0.1, -0.05) is 54.6 Å². The molecule has 124 valence electrons. The third kappa shape index (κ3) is 2.41. The fourth-order valence-corrected chi connectivity index (χ4v) is 3.12. The number of fused-ring (bicyclic) bond motifs is 3. The number of ether oxygens (including phenoxy) is 1. The topological polar surface area (TPSA) is 69.6 Å². The standard InChI is InChI=1S/C20H17N3O2/c1-2-25-20(24)17-18-15-11-7-6-10-14(15)12-16(23(18)22-19(17)21)13-8-4-3-5-9-13/h3-12H,2H2,1H3,(H2,21,22). The summed E-state index contributed by atoms with van der Waals surface area (Å²) in [6.45, 7) is 2.05. The number of esters is 1. The Morgan fingerprint density at radius 3 is 2.60 bits per heavy atom. The van der Waals surface area contributed by atoms with Crippen LogP contribution >= 0.6 is 0 Å². The summed E-state index contributed by atoms with van der Waals surface area (Å²) < 4.78 is 6.93. The van der Waals surface area contributed by atoms with Crippen LogP contribution < -0.4 is 5.73 Å². The molecule has 2 heterocycles. The van der Waals surface area contributed by atoms with Crippen molar-refractivity contribution in [1.82, 2.24) is 9.61 Å².